The molecule has 2 N–H and O–H groups in total. The molecule has 0 atom stereocenters. The molecule has 160 valence electrons. The maximum Gasteiger partial charge on any atom is 0.317 e. The molecule has 3 amide bonds. The van der Waals surface area contributed by atoms with E-state index < -0.39 is 0 Å². The number of hydrogen-bond donors (Lipinski definition) is 2. The summed E-state index contributed by atoms with van der Waals surface area (Å²) < 4.78 is 11.1. The number of rotatable bonds is 7. The second-order valence-electron chi connectivity index (χ2n) is 7.14. The first-order chi connectivity index (χ1) is 14.6. The van der Waals surface area contributed by atoms with Gasteiger partial charge in [0.05, 0.1) is 20.2 Å². The van der Waals surface area contributed by atoms with Crippen LogP contribution < -0.4 is 20.1 Å². The summed E-state index contributed by atoms with van der Waals surface area (Å²) in [6.07, 6.45) is 1.00. The van der Waals surface area contributed by atoms with Crippen molar-refractivity contribution in [2.75, 3.05) is 26.8 Å². The molecule has 3 rings (SSSR count). The fraction of sp³-hybridized carbons (Fsp3) is 0.391. The topological polar surface area (TPSA) is 79.9 Å². The first kappa shape index (κ1) is 21.5. The quantitative estimate of drug-likeness (QED) is 0.734. The van der Waals surface area contributed by atoms with E-state index in [0.717, 1.165) is 28.2 Å². The van der Waals surface area contributed by atoms with Crippen molar-refractivity contribution in [3.63, 3.8) is 0 Å². The normalized spacial score (nSPS) is 12.9. The summed E-state index contributed by atoms with van der Waals surface area (Å²) in [6, 6.07) is 13.5. The van der Waals surface area contributed by atoms with Crippen molar-refractivity contribution in [2.45, 2.75) is 32.9 Å². The number of methoxy groups -OCH3 is 1. The summed E-state index contributed by atoms with van der Waals surface area (Å²) in [5.41, 5.74) is 2.95. The average molecular weight is 412 g/mol. The van der Waals surface area contributed by atoms with Crippen molar-refractivity contribution in [2.24, 2.45) is 0 Å². The zero-order valence-corrected chi connectivity index (χ0v) is 17.6. The number of benzene rings is 2. The number of urea groups is 1. The molecule has 7 nitrogen and oxygen atoms in total. The molecule has 1 aliphatic rings. The highest BCUT2D eigenvalue weighted by molar-refractivity contribution is 5.76. The molecule has 2 aromatic carbocycles. The molecule has 0 saturated heterocycles. The molecule has 30 heavy (non-hydrogen) atoms. The molecular weight excluding hydrogens is 382 g/mol. The van der Waals surface area contributed by atoms with E-state index in [1.165, 1.54) is 0 Å². The Bertz CT molecular complexity index is 885. The Morgan fingerprint density at radius 1 is 1.17 bits per heavy atom. The van der Waals surface area contributed by atoms with Crippen molar-refractivity contribution in [1.29, 1.82) is 0 Å². The van der Waals surface area contributed by atoms with Crippen molar-refractivity contribution < 1.29 is 19.1 Å². The Morgan fingerprint density at radius 3 is 2.80 bits per heavy atom. The number of hydrogen-bond acceptors (Lipinski definition) is 4. The standard InChI is InChI=1S/C23H29N3O4/c1-3-24-23(28)26-12-13-30-21-10-8-17(14-19(21)16-26)9-11-22(27)25-15-18-6-4-5-7-20(18)29-2/h4-8,10,14H,3,9,11-13,15-16H2,1-2H3,(H,24,28)(H,25,27). The predicted molar refractivity (Wildman–Crippen MR) is 115 cm³/mol. The number of carbonyl (C=O) groups excluding carboxylic acids is 2. The van der Waals surface area contributed by atoms with Gasteiger partial charge in [0.1, 0.15) is 18.1 Å². The molecule has 0 unspecified atom stereocenters. The van der Waals surface area contributed by atoms with Gasteiger partial charge in [0, 0.05) is 30.6 Å². The fourth-order valence-corrected chi connectivity index (χ4v) is 3.43. The molecule has 1 aliphatic heterocycles. The zero-order valence-electron chi connectivity index (χ0n) is 17.6. The van der Waals surface area contributed by atoms with E-state index in [2.05, 4.69) is 10.6 Å². The second kappa shape index (κ2) is 10.5. The van der Waals surface area contributed by atoms with Crippen LogP contribution >= 0.6 is 0 Å². The molecular formula is C23H29N3O4. The Hall–Kier alpha value is -3.22. The molecule has 7 heteroatoms. The van der Waals surface area contributed by atoms with Gasteiger partial charge in [-0.05, 0) is 31.0 Å². The molecule has 0 radical (unpaired) electrons. The highest BCUT2D eigenvalue weighted by atomic mass is 16.5. The molecule has 1 heterocycles. The number of aryl methyl sites for hydroxylation is 1. The Labute approximate surface area is 177 Å². The van der Waals surface area contributed by atoms with E-state index in [0.29, 0.717) is 45.6 Å². The van der Waals surface area contributed by atoms with Gasteiger partial charge in [-0.3, -0.25) is 4.79 Å². The number of ether oxygens (including phenoxy) is 2. The minimum Gasteiger partial charge on any atom is -0.496 e. The molecule has 0 saturated carbocycles. The molecule has 0 fully saturated rings. The lowest BCUT2D eigenvalue weighted by Crippen LogP contribution is -2.40. The molecule has 0 spiro atoms. The van der Waals surface area contributed by atoms with Crippen LogP contribution in [0.2, 0.25) is 0 Å². The predicted octanol–water partition coefficient (Wildman–Crippen LogP) is 2.87. The van der Waals surface area contributed by atoms with E-state index in [9.17, 15) is 9.59 Å². The number of carbonyl (C=O) groups is 2. The molecule has 0 aromatic heterocycles. The zero-order chi connectivity index (χ0) is 21.3. The fourth-order valence-electron chi connectivity index (χ4n) is 3.43. The maximum absolute atomic E-state index is 12.3. The summed E-state index contributed by atoms with van der Waals surface area (Å²) in [5, 5.41) is 5.78. The van der Waals surface area contributed by atoms with E-state index in [4.69, 9.17) is 9.47 Å². The van der Waals surface area contributed by atoms with Crippen LogP contribution in [0.4, 0.5) is 4.79 Å². The van der Waals surface area contributed by atoms with Crippen LogP contribution in [0.25, 0.3) is 0 Å². The van der Waals surface area contributed by atoms with E-state index in [-0.39, 0.29) is 11.9 Å². The van der Waals surface area contributed by atoms with E-state index >= 15 is 0 Å². The van der Waals surface area contributed by atoms with Gasteiger partial charge in [-0.25, -0.2) is 4.79 Å². The van der Waals surface area contributed by atoms with E-state index in [1.54, 1.807) is 12.0 Å². The van der Waals surface area contributed by atoms with Gasteiger partial charge in [-0.15, -0.1) is 0 Å². The molecule has 0 bridgehead atoms. The van der Waals surface area contributed by atoms with Gasteiger partial charge in [0.25, 0.3) is 0 Å². The number of para-hydroxylation sites is 1. The average Bonchev–Trinajstić information content (AvgIpc) is 2.98. The SMILES string of the molecule is CCNC(=O)N1CCOc2ccc(CCC(=O)NCc3ccccc3OC)cc2C1. The highest BCUT2D eigenvalue weighted by Crippen LogP contribution is 2.25. The highest BCUT2D eigenvalue weighted by Gasteiger charge is 2.19. The third kappa shape index (κ3) is 5.65. The lowest BCUT2D eigenvalue weighted by atomic mass is 10.0. The van der Waals surface area contributed by atoms with Crippen LogP contribution in [0.5, 0.6) is 11.5 Å². The van der Waals surface area contributed by atoms with Crippen molar-refractivity contribution in [3.8, 4) is 11.5 Å². The first-order valence-electron chi connectivity index (χ1n) is 10.3. The Kier molecular flexibility index (Phi) is 7.54. The third-order valence-electron chi connectivity index (χ3n) is 5.03. The largest absolute Gasteiger partial charge is 0.496 e. The van der Waals surface area contributed by atoms with Gasteiger partial charge >= 0.3 is 6.03 Å². The lowest BCUT2D eigenvalue weighted by molar-refractivity contribution is -0.121. The summed E-state index contributed by atoms with van der Waals surface area (Å²) in [4.78, 5) is 26.3. The minimum absolute atomic E-state index is 0.0175. The van der Waals surface area contributed by atoms with Crippen molar-refractivity contribution >= 4 is 11.9 Å². The van der Waals surface area contributed by atoms with Gasteiger partial charge in [-0.2, -0.15) is 0 Å². The van der Waals surface area contributed by atoms with Crippen molar-refractivity contribution in [1.82, 2.24) is 15.5 Å². The molecule has 0 aliphatic carbocycles. The van der Waals surface area contributed by atoms with Crippen LogP contribution in [-0.4, -0.2) is 43.6 Å². The Morgan fingerprint density at radius 2 is 2.00 bits per heavy atom. The van der Waals surface area contributed by atoms with Crippen LogP contribution in [0.3, 0.4) is 0 Å². The van der Waals surface area contributed by atoms with Crippen LogP contribution in [0, 0.1) is 0 Å². The van der Waals surface area contributed by atoms with Gasteiger partial charge in [-0.1, -0.05) is 30.3 Å². The summed E-state index contributed by atoms with van der Waals surface area (Å²) in [5.74, 6) is 1.54. The summed E-state index contributed by atoms with van der Waals surface area (Å²) in [7, 11) is 1.62. The second-order valence-corrected chi connectivity index (χ2v) is 7.14. The van der Waals surface area contributed by atoms with E-state index in [1.807, 2.05) is 49.4 Å². The summed E-state index contributed by atoms with van der Waals surface area (Å²) >= 11 is 0. The van der Waals surface area contributed by atoms with Crippen LogP contribution in [0.15, 0.2) is 42.5 Å². The lowest BCUT2D eigenvalue weighted by Gasteiger charge is -2.20. The van der Waals surface area contributed by atoms with Crippen LogP contribution in [0.1, 0.15) is 30.0 Å². The number of amides is 3. The number of fused-ring (bicyclic) bond motifs is 1. The van der Waals surface area contributed by atoms with Crippen LogP contribution in [-0.2, 0) is 24.3 Å². The maximum atomic E-state index is 12.3. The minimum atomic E-state index is -0.0879. The van der Waals surface area contributed by atoms with Gasteiger partial charge in [0.15, 0.2) is 0 Å². The Balaban J connectivity index is 1.56. The number of nitrogens with one attached hydrogen (secondary N) is 2. The molecule has 2 aromatic rings. The first-order valence-corrected chi connectivity index (χ1v) is 10.3. The van der Waals surface area contributed by atoms with Gasteiger partial charge in [0.2, 0.25) is 5.91 Å². The van der Waals surface area contributed by atoms with Crippen molar-refractivity contribution in [3.05, 3.63) is 59.2 Å². The van der Waals surface area contributed by atoms with Gasteiger partial charge < -0.3 is 25.0 Å². The third-order valence-corrected chi connectivity index (χ3v) is 5.03. The smallest absolute Gasteiger partial charge is 0.317 e. The number of nitrogens with zero attached hydrogens (tertiary/aromatic N) is 1. The summed E-state index contributed by atoms with van der Waals surface area (Å²) in [6.45, 7) is 4.43. The monoisotopic (exact) mass is 411 g/mol.